The van der Waals surface area contributed by atoms with Crippen LogP contribution in [0.5, 0.6) is 0 Å². The lowest BCUT2D eigenvalue weighted by Crippen LogP contribution is -2.62. The van der Waals surface area contributed by atoms with E-state index in [1.807, 2.05) is 13.8 Å². The molecule has 4 rings (SSSR count). The standard InChI is InChI=1S/C27H48O4/c1-16(7-6-12-25(2,3)31)18-8-9-19-17-15-22(29)23-24(30)21(28)11-14-27(23,5)20(17)10-13-26(18,19)4/h16-24,28-31H,6-15H2,1-5H3/t16-,17+,18-,19+,20+,21+,22?,23+,24?,26-,27-/m1/s1. The Hall–Kier alpha value is -0.160. The number of aliphatic hydroxyl groups excluding tert-OH is 3. The average Bonchev–Trinajstić information content (AvgIpc) is 3.01. The molecule has 0 aromatic heterocycles. The topological polar surface area (TPSA) is 80.9 Å². The minimum atomic E-state index is -0.782. The molecule has 4 N–H and O–H groups in total. The first-order valence-electron chi connectivity index (χ1n) is 13.1. The van der Waals surface area contributed by atoms with Gasteiger partial charge in [-0.2, -0.15) is 0 Å². The molecule has 0 aliphatic heterocycles. The summed E-state index contributed by atoms with van der Waals surface area (Å²) < 4.78 is 0. The summed E-state index contributed by atoms with van der Waals surface area (Å²) in [7, 11) is 0. The van der Waals surface area contributed by atoms with Gasteiger partial charge in [-0.25, -0.2) is 0 Å². The Labute approximate surface area is 189 Å². The quantitative estimate of drug-likeness (QED) is 0.511. The van der Waals surface area contributed by atoms with Crippen LogP contribution in [0, 0.1) is 46.3 Å². The zero-order valence-electron chi connectivity index (χ0n) is 20.6. The van der Waals surface area contributed by atoms with Crippen LogP contribution in [0.25, 0.3) is 0 Å². The summed E-state index contributed by atoms with van der Waals surface area (Å²) in [6.07, 6.45) is 8.61. The van der Waals surface area contributed by atoms with Crippen molar-refractivity contribution in [2.24, 2.45) is 46.3 Å². The molecule has 0 bridgehead atoms. The summed E-state index contributed by atoms with van der Waals surface area (Å²) in [6, 6.07) is 0. The molecule has 0 heterocycles. The van der Waals surface area contributed by atoms with Crippen LogP contribution in [0.15, 0.2) is 0 Å². The molecule has 2 unspecified atom stereocenters. The van der Waals surface area contributed by atoms with Crippen molar-refractivity contribution in [2.45, 2.75) is 123 Å². The molecule has 4 nitrogen and oxygen atoms in total. The van der Waals surface area contributed by atoms with Gasteiger partial charge in [-0.1, -0.05) is 33.6 Å². The third-order valence-corrected chi connectivity index (χ3v) is 10.9. The summed E-state index contributed by atoms with van der Waals surface area (Å²) in [6.45, 7) is 11.1. The summed E-state index contributed by atoms with van der Waals surface area (Å²) >= 11 is 0. The number of aliphatic hydroxyl groups is 4. The van der Waals surface area contributed by atoms with Crippen LogP contribution in [-0.2, 0) is 0 Å². The maximum Gasteiger partial charge on any atom is 0.0857 e. The second kappa shape index (κ2) is 8.25. The van der Waals surface area contributed by atoms with Crippen molar-refractivity contribution < 1.29 is 20.4 Å². The van der Waals surface area contributed by atoms with Crippen molar-refractivity contribution in [3.05, 3.63) is 0 Å². The SMILES string of the molecule is C[C@H](CCCC(C)(C)O)[C@H]1CC[C@H]2[C@@H]3CC(O)[C@H]4C(O)[C@@H](O)CC[C@]4(C)[C@H]3CC[C@]12C. The highest BCUT2D eigenvalue weighted by atomic mass is 16.3. The Kier molecular flexibility index (Phi) is 6.38. The van der Waals surface area contributed by atoms with E-state index in [0.29, 0.717) is 35.5 Å². The minimum absolute atomic E-state index is 0.0568. The molecule has 4 heteroatoms. The monoisotopic (exact) mass is 436 g/mol. The van der Waals surface area contributed by atoms with Crippen molar-refractivity contribution >= 4 is 0 Å². The summed E-state index contributed by atoms with van der Waals surface area (Å²) in [5.74, 6) is 3.01. The van der Waals surface area contributed by atoms with E-state index in [2.05, 4.69) is 20.8 Å². The molecule has 4 saturated carbocycles. The molecule has 4 aliphatic rings. The van der Waals surface area contributed by atoms with E-state index in [4.69, 9.17) is 0 Å². The molecular formula is C27H48O4. The lowest BCUT2D eigenvalue weighted by Gasteiger charge is -2.63. The fourth-order valence-corrected chi connectivity index (χ4v) is 9.42. The summed E-state index contributed by atoms with van der Waals surface area (Å²) in [5.41, 5.74) is -0.272. The molecule has 0 aromatic carbocycles. The predicted molar refractivity (Wildman–Crippen MR) is 123 cm³/mol. The van der Waals surface area contributed by atoms with Gasteiger partial charge >= 0.3 is 0 Å². The molecule has 180 valence electrons. The van der Waals surface area contributed by atoms with Crippen LogP contribution in [0.3, 0.4) is 0 Å². The minimum Gasteiger partial charge on any atom is -0.393 e. The third kappa shape index (κ3) is 4.02. The first-order valence-corrected chi connectivity index (χ1v) is 13.1. The zero-order chi connectivity index (χ0) is 22.8. The molecule has 0 saturated heterocycles. The number of hydrogen-bond donors (Lipinski definition) is 4. The Bertz CT molecular complexity index is 644. The molecule has 11 atom stereocenters. The normalized spacial score (nSPS) is 51.0. The molecule has 4 aliphatic carbocycles. The molecule has 0 amide bonds. The van der Waals surface area contributed by atoms with E-state index in [1.54, 1.807) is 0 Å². The summed E-state index contributed by atoms with van der Waals surface area (Å²) in [5, 5.41) is 42.3. The Morgan fingerprint density at radius 3 is 2.23 bits per heavy atom. The van der Waals surface area contributed by atoms with Crippen molar-refractivity contribution in [1.29, 1.82) is 0 Å². The van der Waals surface area contributed by atoms with E-state index in [1.165, 1.54) is 32.1 Å². The summed E-state index contributed by atoms with van der Waals surface area (Å²) in [4.78, 5) is 0. The fourth-order valence-electron chi connectivity index (χ4n) is 9.42. The molecule has 0 aromatic rings. The first-order chi connectivity index (χ1) is 14.4. The van der Waals surface area contributed by atoms with Gasteiger partial charge in [0.15, 0.2) is 0 Å². The van der Waals surface area contributed by atoms with E-state index < -0.39 is 23.9 Å². The third-order valence-electron chi connectivity index (χ3n) is 10.9. The largest absolute Gasteiger partial charge is 0.393 e. The predicted octanol–water partition coefficient (Wildman–Crippen LogP) is 4.53. The first kappa shape index (κ1) is 24.0. The van der Waals surface area contributed by atoms with Crippen LogP contribution in [0.1, 0.15) is 98.8 Å². The lowest BCUT2D eigenvalue weighted by molar-refractivity contribution is -0.212. The second-order valence-electron chi connectivity index (χ2n) is 13.2. The molecular weight excluding hydrogens is 388 g/mol. The van der Waals surface area contributed by atoms with Crippen LogP contribution in [0.4, 0.5) is 0 Å². The fraction of sp³-hybridized carbons (Fsp3) is 1.00. The van der Waals surface area contributed by atoms with Crippen molar-refractivity contribution in [3.63, 3.8) is 0 Å². The van der Waals surface area contributed by atoms with Gasteiger partial charge in [0.25, 0.3) is 0 Å². The van der Waals surface area contributed by atoms with Gasteiger partial charge in [-0.05, 0) is 106 Å². The molecule has 0 spiro atoms. The van der Waals surface area contributed by atoms with Gasteiger partial charge in [-0.15, -0.1) is 0 Å². The zero-order valence-corrected chi connectivity index (χ0v) is 20.6. The van der Waals surface area contributed by atoms with Crippen LogP contribution in [0.2, 0.25) is 0 Å². The molecule has 0 radical (unpaired) electrons. The van der Waals surface area contributed by atoms with E-state index in [0.717, 1.165) is 31.6 Å². The highest BCUT2D eigenvalue weighted by Crippen LogP contribution is 2.68. The van der Waals surface area contributed by atoms with Gasteiger partial charge in [0.05, 0.1) is 23.9 Å². The van der Waals surface area contributed by atoms with Crippen LogP contribution in [-0.4, -0.2) is 44.3 Å². The van der Waals surface area contributed by atoms with E-state index in [-0.39, 0.29) is 11.3 Å². The Morgan fingerprint density at radius 2 is 1.55 bits per heavy atom. The smallest absolute Gasteiger partial charge is 0.0857 e. The molecule has 31 heavy (non-hydrogen) atoms. The Balaban J connectivity index is 1.50. The van der Waals surface area contributed by atoms with Gasteiger partial charge in [0.1, 0.15) is 0 Å². The van der Waals surface area contributed by atoms with Gasteiger partial charge in [-0.3, -0.25) is 0 Å². The maximum absolute atomic E-state index is 11.2. The van der Waals surface area contributed by atoms with Crippen molar-refractivity contribution in [1.82, 2.24) is 0 Å². The van der Waals surface area contributed by atoms with Crippen LogP contribution >= 0.6 is 0 Å². The van der Waals surface area contributed by atoms with E-state index >= 15 is 0 Å². The average molecular weight is 437 g/mol. The van der Waals surface area contributed by atoms with Gasteiger partial charge < -0.3 is 20.4 Å². The van der Waals surface area contributed by atoms with Crippen molar-refractivity contribution in [3.8, 4) is 0 Å². The number of fused-ring (bicyclic) bond motifs is 5. The second-order valence-corrected chi connectivity index (χ2v) is 13.2. The lowest BCUT2D eigenvalue weighted by atomic mass is 9.43. The number of hydrogen-bond acceptors (Lipinski definition) is 4. The highest BCUT2D eigenvalue weighted by Gasteiger charge is 2.63. The Morgan fingerprint density at radius 1 is 0.903 bits per heavy atom. The van der Waals surface area contributed by atoms with Crippen LogP contribution < -0.4 is 0 Å². The van der Waals surface area contributed by atoms with Crippen molar-refractivity contribution in [2.75, 3.05) is 0 Å². The van der Waals surface area contributed by atoms with Gasteiger partial charge in [0.2, 0.25) is 0 Å². The highest BCUT2D eigenvalue weighted by molar-refractivity contribution is 5.13. The molecule has 4 fully saturated rings. The maximum atomic E-state index is 11.2. The van der Waals surface area contributed by atoms with E-state index in [9.17, 15) is 20.4 Å². The number of rotatable bonds is 5. The van der Waals surface area contributed by atoms with Gasteiger partial charge in [0, 0.05) is 5.92 Å².